The molecule has 2 unspecified atom stereocenters. The van der Waals surface area contributed by atoms with Gasteiger partial charge in [0, 0.05) is 18.8 Å². The maximum atomic E-state index is 6.09. The van der Waals surface area contributed by atoms with E-state index in [1.165, 1.54) is 5.52 Å². The Morgan fingerprint density at radius 2 is 2.00 bits per heavy atom. The second-order valence-electron chi connectivity index (χ2n) is 4.43. The molecule has 0 aliphatic heterocycles. The number of hydrogen-bond donors (Lipinski definition) is 0. The lowest BCUT2D eigenvalue weighted by Crippen LogP contribution is -2.13. The van der Waals surface area contributed by atoms with E-state index < -0.39 is 0 Å². The maximum Gasteiger partial charge on any atom is 0.109 e. The van der Waals surface area contributed by atoms with Crippen molar-refractivity contribution in [1.29, 1.82) is 0 Å². The number of benzene rings is 1. The Balaban J connectivity index is 2.35. The lowest BCUT2D eigenvalue weighted by Gasteiger charge is -2.13. The molecule has 86 valence electrons. The number of aromatic nitrogens is 2. The van der Waals surface area contributed by atoms with Gasteiger partial charge in [-0.2, -0.15) is 0 Å². The molecule has 2 aromatic rings. The van der Waals surface area contributed by atoms with E-state index in [2.05, 4.69) is 29.6 Å². The molecule has 0 aliphatic carbocycles. The van der Waals surface area contributed by atoms with Crippen molar-refractivity contribution in [3.05, 3.63) is 30.1 Å². The Morgan fingerprint density at radius 3 is 2.62 bits per heavy atom. The van der Waals surface area contributed by atoms with Crippen molar-refractivity contribution in [3.63, 3.8) is 0 Å². The van der Waals surface area contributed by atoms with Crippen LogP contribution in [0.3, 0.4) is 0 Å². The average Bonchev–Trinajstić information content (AvgIpc) is 2.56. The summed E-state index contributed by atoms with van der Waals surface area (Å²) in [6.45, 7) is 4.20. The third kappa shape index (κ3) is 2.07. The van der Waals surface area contributed by atoms with Crippen LogP contribution in [-0.2, 0) is 13.5 Å². The molecule has 2 atom stereocenters. The molecule has 0 radical (unpaired) electrons. The minimum Gasteiger partial charge on any atom is -0.331 e. The summed E-state index contributed by atoms with van der Waals surface area (Å²) in [5.41, 5.74) is 2.25. The van der Waals surface area contributed by atoms with Crippen LogP contribution in [0.5, 0.6) is 0 Å². The van der Waals surface area contributed by atoms with Crippen molar-refractivity contribution >= 4 is 22.6 Å². The van der Waals surface area contributed by atoms with E-state index in [0.717, 1.165) is 17.8 Å². The van der Waals surface area contributed by atoms with Crippen LogP contribution in [0.1, 0.15) is 19.7 Å². The average molecular weight is 237 g/mol. The second-order valence-corrected chi connectivity index (χ2v) is 5.12. The molecule has 0 bridgehead atoms. The van der Waals surface area contributed by atoms with Crippen LogP contribution >= 0.6 is 11.6 Å². The normalized spacial score (nSPS) is 15.2. The Bertz CT molecular complexity index is 488. The highest BCUT2D eigenvalue weighted by molar-refractivity contribution is 6.20. The number of fused-ring (bicyclic) bond motifs is 1. The van der Waals surface area contributed by atoms with Crippen molar-refractivity contribution in [3.8, 4) is 0 Å². The number of hydrogen-bond acceptors (Lipinski definition) is 1. The fraction of sp³-hybridized carbons (Fsp3) is 0.462. The number of rotatable bonds is 3. The first-order chi connectivity index (χ1) is 7.59. The van der Waals surface area contributed by atoms with Gasteiger partial charge in [0.15, 0.2) is 0 Å². The molecule has 0 saturated carbocycles. The molecule has 16 heavy (non-hydrogen) atoms. The van der Waals surface area contributed by atoms with E-state index in [4.69, 9.17) is 11.6 Å². The van der Waals surface area contributed by atoms with Crippen molar-refractivity contribution in [2.45, 2.75) is 25.6 Å². The van der Waals surface area contributed by atoms with Crippen LogP contribution in [0.25, 0.3) is 11.0 Å². The van der Waals surface area contributed by atoms with E-state index in [9.17, 15) is 0 Å². The van der Waals surface area contributed by atoms with Gasteiger partial charge in [0.05, 0.1) is 11.0 Å². The first-order valence-electron chi connectivity index (χ1n) is 5.64. The highest BCUT2D eigenvalue weighted by Gasteiger charge is 2.14. The number of para-hydroxylation sites is 2. The third-order valence-electron chi connectivity index (χ3n) is 3.17. The molecule has 2 rings (SSSR count). The zero-order chi connectivity index (χ0) is 11.7. The summed E-state index contributed by atoms with van der Waals surface area (Å²) < 4.78 is 2.16. The standard InChI is InChI=1S/C13H17ClN2/c1-9(10(2)14)8-13-15-11-6-4-5-7-12(11)16(13)3/h4-7,9-10H,8H2,1-3H3. The van der Waals surface area contributed by atoms with Gasteiger partial charge in [-0.15, -0.1) is 11.6 Å². The van der Waals surface area contributed by atoms with Crippen molar-refractivity contribution in [2.75, 3.05) is 0 Å². The topological polar surface area (TPSA) is 17.8 Å². The minimum atomic E-state index is 0.180. The number of alkyl halides is 1. The molecule has 0 spiro atoms. The number of halogens is 1. The zero-order valence-corrected chi connectivity index (χ0v) is 10.7. The Morgan fingerprint density at radius 1 is 1.31 bits per heavy atom. The van der Waals surface area contributed by atoms with Gasteiger partial charge in [0.1, 0.15) is 5.82 Å². The Kier molecular flexibility index (Phi) is 3.20. The summed E-state index contributed by atoms with van der Waals surface area (Å²) in [5.74, 6) is 1.55. The lowest BCUT2D eigenvalue weighted by atomic mass is 10.0. The van der Waals surface area contributed by atoms with Crippen LogP contribution in [0, 0.1) is 5.92 Å². The fourth-order valence-electron chi connectivity index (χ4n) is 1.83. The summed E-state index contributed by atoms with van der Waals surface area (Å²) in [5, 5.41) is 0.180. The highest BCUT2D eigenvalue weighted by atomic mass is 35.5. The van der Waals surface area contributed by atoms with Gasteiger partial charge in [-0.05, 0) is 25.0 Å². The van der Waals surface area contributed by atoms with Crippen molar-refractivity contribution in [1.82, 2.24) is 9.55 Å². The fourth-order valence-corrected chi connectivity index (χ4v) is 1.92. The lowest BCUT2D eigenvalue weighted by molar-refractivity contribution is 0.542. The largest absolute Gasteiger partial charge is 0.331 e. The first-order valence-corrected chi connectivity index (χ1v) is 6.07. The number of aryl methyl sites for hydroxylation is 1. The van der Waals surface area contributed by atoms with Gasteiger partial charge in [-0.1, -0.05) is 19.1 Å². The summed E-state index contributed by atoms with van der Waals surface area (Å²) >= 11 is 6.09. The zero-order valence-electron chi connectivity index (χ0n) is 9.94. The minimum absolute atomic E-state index is 0.180. The molecule has 1 aromatic carbocycles. The molecule has 0 N–H and O–H groups in total. The van der Waals surface area contributed by atoms with E-state index in [0.29, 0.717) is 5.92 Å². The van der Waals surface area contributed by atoms with Crippen LogP contribution < -0.4 is 0 Å². The molecule has 0 saturated heterocycles. The van der Waals surface area contributed by atoms with Gasteiger partial charge in [-0.25, -0.2) is 4.98 Å². The summed E-state index contributed by atoms with van der Waals surface area (Å²) in [4.78, 5) is 4.64. The molecule has 2 nitrogen and oxygen atoms in total. The van der Waals surface area contributed by atoms with E-state index >= 15 is 0 Å². The first kappa shape index (κ1) is 11.5. The Labute approximate surface area is 101 Å². The molecular formula is C13H17ClN2. The molecule has 3 heteroatoms. The van der Waals surface area contributed by atoms with E-state index in [-0.39, 0.29) is 5.38 Å². The molecular weight excluding hydrogens is 220 g/mol. The van der Waals surface area contributed by atoms with Crippen molar-refractivity contribution in [2.24, 2.45) is 13.0 Å². The molecule has 0 fully saturated rings. The summed E-state index contributed by atoms with van der Waals surface area (Å²) in [7, 11) is 2.07. The van der Waals surface area contributed by atoms with Crippen LogP contribution in [0.15, 0.2) is 24.3 Å². The van der Waals surface area contributed by atoms with E-state index in [1.54, 1.807) is 0 Å². The summed E-state index contributed by atoms with van der Waals surface area (Å²) in [6.07, 6.45) is 0.926. The van der Waals surface area contributed by atoms with Crippen LogP contribution in [0.2, 0.25) is 0 Å². The second kappa shape index (κ2) is 4.46. The van der Waals surface area contributed by atoms with Crippen LogP contribution in [-0.4, -0.2) is 14.9 Å². The predicted octanol–water partition coefficient (Wildman–Crippen LogP) is 3.38. The summed E-state index contributed by atoms with van der Waals surface area (Å²) in [6, 6.07) is 8.21. The number of imidazole rings is 1. The third-order valence-corrected chi connectivity index (χ3v) is 3.60. The smallest absolute Gasteiger partial charge is 0.109 e. The highest BCUT2D eigenvalue weighted by Crippen LogP contribution is 2.19. The molecule has 1 aromatic heterocycles. The van der Waals surface area contributed by atoms with Gasteiger partial charge in [-0.3, -0.25) is 0 Å². The van der Waals surface area contributed by atoms with E-state index in [1.807, 2.05) is 25.1 Å². The van der Waals surface area contributed by atoms with Gasteiger partial charge in [0.2, 0.25) is 0 Å². The molecule has 0 aliphatic rings. The monoisotopic (exact) mass is 236 g/mol. The Hall–Kier alpha value is -1.02. The van der Waals surface area contributed by atoms with Gasteiger partial charge < -0.3 is 4.57 Å². The maximum absolute atomic E-state index is 6.09. The quantitative estimate of drug-likeness (QED) is 0.748. The number of nitrogens with zero attached hydrogens (tertiary/aromatic N) is 2. The van der Waals surface area contributed by atoms with Crippen LogP contribution in [0.4, 0.5) is 0 Å². The predicted molar refractivity (Wildman–Crippen MR) is 68.9 cm³/mol. The van der Waals surface area contributed by atoms with Crippen molar-refractivity contribution < 1.29 is 0 Å². The molecule has 1 heterocycles. The van der Waals surface area contributed by atoms with Gasteiger partial charge in [0.25, 0.3) is 0 Å². The van der Waals surface area contributed by atoms with Gasteiger partial charge >= 0.3 is 0 Å². The SMILES string of the molecule is CC(Cl)C(C)Cc1nc2ccccc2n1C. The molecule has 0 amide bonds.